The number of aryl methyl sites for hydroxylation is 1. The van der Waals surface area contributed by atoms with Gasteiger partial charge in [0.1, 0.15) is 0 Å². The SMILES string of the molecule is Cn1nnnc1SCCCSc1nnnn1C1CCCCC1. The maximum absolute atomic E-state index is 4.19. The molecule has 0 amide bonds. The van der Waals surface area contributed by atoms with E-state index in [-0.39, 0.29) is 0 Å². The second-order valence-corrected chi connectivity index (χ2v) is 7.46. The lowest BCUT2D eigenvalue weighted by Gasteiger charge is -2.21. The molecule has 1 aliphatic carbocycles. The lowest BCUT2D eigenvalue weighted by Crippen LogP contribution is -2.15. The highest BCUT2D eigenvalue weighted by atomic mass is 32.2. The van der Waals surface area contributed by atoms with Crippen molar-refractivity contribution in [1.82, 2.24) is 40.4 Å². The largest absolute Gasteiger partial charge is 0.224 e. The van der Waals surface area contributed by atoms with E-state index in [1.807, 2.05) is 11.7 Å². The van der Waals surface area contributed by atoms with Crippen LogP contribution in [0.5, 0.6) is 0 Å². The van der Waals surface area contributed by atoms with Crippen molar-refractivity contribution in [3.63, 3.8) is 0 Å². The van der Waals surface area contributed by atoms with Crippen molar-refractivity contribution in [2.24, 2.45) is 7.05 Å². The van der Waals surface area contributed by atoms with Crippen LogP contribution in [0.4, 0.5) is 0 Å². The normalized spacial score (nSPS) is 16.2. The molecule has 1 aliphatic rings. The van der Waals surface area contributed by atoms with Gasteiger partial charge in [-0.2, -0.15) is 0 Å². The fraction of sp³-hybridized carbons (Fsp3) is 0.833. The van der Waals surface area contributed by atoms with E-state index in [0.29, 0.717) is 6.04 Å². The van der Waals surface area contributed by atoms with E-state index in [2.05, 4.69) is 31.1 Å². The Hall–Kier alpha value is -1.16. The molecular weight excluding hydrogens is 320 g/mol. The molecule has 2 aromatic heterocycles. The summed E-state index contributed by atoms with van der Waals surface area (Å²) in [5, 5.41) is 25.4. The first-order valence-electron chi connectivity index (χ1n) is 7.60. The molecule has 0 radical (unpaired) electrons. The highest BCUT2D eigenvalue weighted by Gasteiger charge is 2.20. The van der Waals surface area contributed by atoms with Crippen LogP contribution in [-0.2, 0) is 7.05 Å². The summed E-state index contributed by atoms with van der Waals surface area (Å²) in [7, 11) is 1.86. The number of aromatic nitrogens is 8. The summed E-state index contributed by atoms with van der Waals surface area (Å²) >= 11 is 3.42. The van der Waals surface area contributed by atoms with Crippen molar-refractivity contribution in [3.8, 4) is 0 Å². The van der Waals surface area contributed by atoms with Crippen LogP contribution in [0.25, 0.3) is 0 Å². The van der Waals surface area contributed by atoms with Crippen LogP contribution in [0.2, 0.25) is 0 Å². The van der Waals surface area contributed by atoms with Crippen molar-refractivity contribution in [2.45, 2.75) is 54.9 Å². The molecule has 0 aliphatic heterocycles. The number of hydrogen-bond donors (Lipinski definition) is 0. The molecule has 10 heteroatoms. The van der Waals surface area contributed by atoms with Gasteiger partial charge in [-0.3, -0.25) is 0 Å². The van der Waals surface area contributed by atoms with Gasteiger partial charge in [-0.05, 0) is 40.1 Å². The molecule has 0 spiro atoms. The maximum Gasteiger partial charge on any atom is 0.209 e. The van der Waals surface area contributed by atoms with Gasteiger partial charge in [0.15, 0.2) is 0 Å². The minimum Gasteiger partial charge on any atom is -0.224 e. The van der Waals surface area contributed by atoms with Crippen molar-refractivity contribution in [2.75, 3.05) is 11.5 Å². The highest BCUT2D eigenvalue weighted by Crippen LogP contribution is 2.30. The molecule has 8 nitrogen and oxygen atoms in total. The molecular formula is C12H20N8S2. The number of hydrogen-bond acceptors (Lipinski definition) is 8. The van der Waals surface area contributed by atoms with Gasteiger partial charge in [-0.15, -0.1) is 10.2 Å². The molecule has 1 fully saturated rings. The first-order chi connectivity index (χ1) is 10.8. The van der Waals surface area contributed by atoms with Crippen LogP contribution in [0.1, 0.15) is 44.6 Å². The van der Waals surface area contributed by atoms with Crippen molar-refractivity contribution < 1.29 is 0 Å². The van der Waals surface area contributed by atoms with Crippen LogP contribution in [-0.4, -0.2) is 51.9 Å². The number of tetrazole rings is 2. The predicted octanol–water partition coefficient (Wildman–Crippen LogP) is 1.98. The topological polar surface area (TPSA) is 87.2 Å². The first-order valence-corrected chi connectivity index (χ1v) is 9.57. The monoisotopic (exact) mass is 340 g/mol. The number of nitrogens with zero attached hydrogens (tertiary/aromatic N) is 8. The number of thioether (sulfide) groups is 2. The van der Waals surface area contributed by atoms with Crippen LogP contribution in [0.15, 0.2) is 10.3 Å². The molecule has 3 rings (SSSR count). The van der Waals surface area contributed by atoms with Gasteiger partial charge in [-0.25, -0.2) is 9.36 Å². The fourth-order valence-corrected chi connectivity index (χ4v) is 4.42. The molecule has 22 heavy (non-hydrogen) atoms. The van der Waals surface area contributed by atoms with E-state index in [4.69, 9.17) is 0 Å². The summed E-state index contributed by atoms with van der Waals surface area (Å²) < 4.78 is 3.73. The third-order valence-corrected chi connectivity index (χ3v) is 5.83. The van der Waals surface area contributed by atoms with E-state index in [9.17, 15) is 0 Å². The third-order valence-electron chi connectivity index (χ3n) is 3.72. The van der Waals surface area contributed by atoms with Gasteiger partial charge < -0.3 is 0 Å². The molecule has 0 saturated heterocycles. The molecule has 0 N–H and O–H groups in total. The van der Waals surface area contributed by atoms with Crippen molar-refractivity contribution in [1.29, 1.82) is 0 Å². The van der Waals surface area contributed by atoms with Gasteiger partial charge in [0.2, 0.25) is 10.3 Å². The molecule has 0 unspecified atom stereocenters. The molecule has 120 valence electrons. The Morgan fingerprint density at radius 2 is 1.64 bits per heavy atom. The molecule has 0 aromatic carbocycles. The first kappa shape index (κ1) is 15.7. The summed E-state index contributed by atoms with van der Waals surface area (Å²) in [6.07, 6.45) is 7.39. The molecule has 0 bridgehead atoms. The van der Waals surface area contributed by atoms with Gasteiger partial charge >= 0.3 is 0 Å². The highest BCUT2D eigenvalue weighted by molar-refractivity contribution is 8.00. The third kappa shape index (κ3) is 3.97. The Labute approximate surface area is 137 Å². The average molecular weight is 340 g/mol. The van der Waals surface area contributed by atoms with E-state index in [1.165, 1.54) is 32.1 Å². The van der Waals surface area contributed by atoms with E-state index in [0.717, 1.165) is 28.2 Å². The summed E-state index contributed by atoms with van der Waals surface area (Å²) in [5.41, 5.74) is 0. The van der Waals surface area contributed by atoms with Gasteiger partial charge in [-0.1, -0.05) is 42.8 Å². The average Bonchev–Trinajstić information content (AvgIpc) is 3.17. The Morgan fingerprint density at radius 3 is 2.36 bits per heavy atom. The molecule has 0 atom stereocenters. The molecule has 2 aromatic rings. The van der Waals surface area contributed by atoms with Crippen LogP contribution in [0, 0.1) is 0 Å². The predicted molar refractivity (Wildman–Crippen MR) is 84.8 cm³/mol. The summed E-state index contributed by atoms with van der Waals surface area (Å²) in [6.45, 7) is 0. The fourth-order valence-electron chi connectivity index (χ4n) is 2.56. The zero-order chi connectivity index (χ0) is 15.2. The maximum atomic E-state index is 4.19. The summed E-state index contributed by atoms with van der Waals surface area (Å²) in [5.74, 6) is 2.00. The second kappa shape index (κ2) is 7.91. The zero-order valence-electron chi connectivity index (χ0n) is 12.6. The molecule has 2 heterocycles. The van der Waals surface area contributed by atoms with Gasteiger partial charge in [0, 0.05) is 18.6 Å². The van der Waals surface area contributed by atoms with Crippen molar-refractivity contribution >= 4 is 23.5 Å². The number of rotatable bonds is 7. The smallest absolute Gasteiger partial charge is 0.209 e. The summed E-state index contributed by atoms with van der Waals surface area (Å²) in [6, 6.07) is 0.491. The Kier molecular flexibility index (Phi) is 5.65. The quantitative estimate of drug-likeness (QED) is 0.558. The summed E-state index contributed by atoms with van der Waals surface area (Å²) in [4.78, 5) is 0. The Balaban J connectivity index is 1.42. The second-order valence-electron chi connectivity index (χ2n) is 5.33. The van der Waals surface area contributed by atoms with Crippen LogP contribution in [0.3, 0.4) is 0 Å². The Morgan fingerprint density at radius 1 is 0.955 bits per heavy atom. The van der Waals surface area contributed by atoms with Gasteiger partial charge in [0.05, 0.1) is 6.04 Å². The molecule has 1 saturated carbocycles. The minimum atomic E-state index is 0.491. The standard InChI is InChI=1S/C12H20N8S2/c1-19-11(13-15-17-19)21-8-5-9-22-12-14-16-18-20(12)10-6-3-2-4-7-10/h10H,2-9H2,1H3. The van der Waals surface area contributed by atoms with E-state index in [1.54, 1.807) is 28.2 Å². The zero-order valence-corrected chi connectivity index (χ0v) is 14.3. The Bertz CT molecular complexity index is 577. The van der Waals surface area contributed by atoms with E-state index < -0.39 is 0 Å². The van der Waals surface area contributed by atoms with Crippen LogP contribution >= 0.6 is 23.5 Å². The lowest BCUT2D eigenvalue weighted by atomic mass is 9.96. The minimum absolute atomic E-state index is 0.491. The van der Waals surface area contributed by atoms with Crippen molar-refractivity contribution in [3.05, 3.63) is 0 Å². The van der Waals surface area contributed by atoms with E-state index >= 15 is 0 Å². The lowest BCUT2D eigenvalue weighted by molar-refractivity contribution is 0.307. The van der Waals surface area contributed by atoms with Gasteiger partial charge in [0.25, 0.3) is 0 Å². The van der Waals surface area contributed by atoms with Crippen LogP contribution < -0.4 is 0 Å².